The standard InChI is InChI=1S/C18H23ClN2O4/c1-24-16-5-4-13(19)10-15(16)21-11-12(9-17(21)22)18(23)20-7-6-14-3-2-8-25-14/h4-5,10,12,14H,2-3,6-9,11H2,1H3,(H,20,23). The summed E-state index contributed by atoms with van der Waals surface area (Å²) in [5, 5.41) is 3.45. The highest BCUT2D eigenvalue weighted by Crippen LogP contribution is 2.35. The van der Waals surface area contributed by atoms with Gasteiger partial charge in [0, 0.05) is 31.1 Å². The molecular weight excluding hydrogens is 344 g/mol. The van der Waals surface area contributed by atoms with Gasteiger partial charge in [-0.3, -0.25) is 9.59 Å². The molecule has 2 aliphatic rings. The van der Waals surface area contributed by atoms with Gasteiger partial charge in [0.1, 0.15) is 5.75 Å². The zero-order chi connectivity index (χ0) is 17.8. The number of hydrogen-bond donors (Lipinski definition) is 1. The second kappa shape index (κ2) is 8.06. The lowest BCUT2D eigenvalue weighted by Crippen LogP contribution is -2.34. The topological polar surface area (TPSA) is 67.9 Å². The summed E-state index contributed by atoms with van der Waals surface area (Å²) < 4.78 is 10.9. The van der Waals surface area contributed by atoms with Crippen molar-refractivity contribution >= 4 is 29.1 Å². The van der Waals surface area contributed by atoms with Gasteiger partial charge in [-0.05, 0) is 37.5 Å². The summed E-state index contributed by atoms with van der Waals surface area (Å²) in [6.07, 6.45) is 3.41. The molecule has 2 saturated heterocycles. The van der Waals surface area contributed by atoms with Crippen molar-refractivity contribution in [3.8, 4) is 5.75 Å². The number of ether oxygens (including phenoxy) is 2. The van der Waals surface area contributed by atoms with Crippen molar-refractivity contribution in [1.29, 1.82) is 0 Å². The van der Waals surface area contributed by atoms with Gasteiger partial charge in [0.15, 0.2) is 0 Å². The zero-order valence-corrected chi connectivity index (χ0v) is 15.1. The normalized spacial score (nSPS) is 23.1. The Bertz CT molecular complexity index is 646. The number of halogens is 1. The summed E-state index contributed by atoms with van der Waals surface area (Å²) >= 11 is 6.04. The Morgan fingerprint density at radius 1 is 1.48 bits per heavy atom. The van der Waals surface area contributed by atoms with E-state index in [4.69, 9.17) is 21.1 Å². The fraction of sp³-hybridized carbons (Fsp3) is 0.556. The smallest absolute Gasteiger partial charge is 0.227 e. The van der Waals surface area contributed by atoms with E-state index in [1.54, 1.807) is 30.2 Å². The summed E-state index contributed by atoms with van der Waals surface area (Å²) in [7, 11) is 1.54. The van der Waals surface area contributed by atoms with Crippen LogP contribution in [0.1, 0.15) is 25.7 Å². The average Bonchev–Trinajstić information content (AvgIpc) is 3.24. The predicted molar refractivity (Wildman–Crippen MR) is 95.1 cm³/mol. The number of nitrogens with one attached hydrogen (secondary N) is 1. The number of benzene rings is 1. The summed E-state index contributed by atoms with van der Waals surface area (Å²) in [5.41, 5.74) is 0.606. The molecule has 2 heterocycles. The van der Waals surface area contributed by atoms with Crippen LogP contribution in [0, 0.1) is 5.92 Å². The largest absolute Gasteiger partial charge is 0.495 e. The molecule has 2 aliphatic heterocycles. The van der Waals surface area contributed by atoms with Gasteiger partial charge in [-0.25, -0.2) is 0 Å². The van der Waals surface area contributed by atoms with E-state index in [1.807, 2.05) is 0 Å². The molecule has 0 bridgehead atoms. The van der Waals surface area contributed by atoms with Gasteiger partial charge < -0.3 is 19.7 Å². The van der Waals surface area contributed by atoms with Crippen LogP contribution in [-0.2, 0) is 14.3 Å². The highest BCUT2D eigenvalue weighted by atomic mass is 35.5. The van der Waals surface area contributed by atoms with Gasteiger partial charge in [-0.2, -0.15) is 0 Å². The molecule has 0 aromatic heterocycles. The van der Waals surface area contributed by atoms with Crippen LogP contribution in [0.15, 0.2) is 18.2 Å². The Hall–Kier alpha value is -1.79. The third-order valence-electron chi connectivity index (χ3n) is 4.72. The maximum absolute atomic E-state index is 12.4. The third kappa shape index (κ3) is 4.25. The van der Waals surface area contributed by atoms with Crippen LogP contribution in [0.5, 0.6) is 5.75 Å². The lowest BCUT2D eigenvalue weighted by atomic mass is 10.1. The van der Waals surface area contributed by atoms with E-state index in [1.165, 1.54) is 0 Å². The highest BCUT2D eigenvalue weighted by Gasteiger charge is 2.36. The van der Waals surface area contributed by atoms with Crippen LogP contribution in [0.25, 0.3) is 0 Å². The molecule has 2 amide bonds. The van der Waals surface area contributed by atoms with Gasteiger partial charge >= 0.3 is 0 Å². The molecule has 136 valence electrons. The Kier molecular flexibility index (Phi) is 5.81. The van der Waals surface area contributed by atoms with Crippen LogP contribution < -0.4 is 15.0 Å². The van der Waals surface area contributed by atoms with E-state index >= 15 is 0 Å². The van der Waals surface area contributed by atoms with Crippen LogP contribution in [0.4, 0.5) is 5.69 Å². The maximum atomic E-state index is 12.4. The van der Waals surface area contributed by atoms with E-state index < -0.39 is 0 Å². The second-order valence-electron chi connectivity index (χ2n) is 6.44. The van der Waals surface area contributed by atoms with Crippen molar-refractivity contribution in [1.82, 2.24) is 5.32 Å². The number of rotatable bonds is 6. The number of anilines is 1. The van der Waals surface area contributed by atoms with Crippen molar-refractivity contribution in [2.24, 2.45) is 5.92 Å². The quantitative estimate of drug-likeness (QED) is 0.839. The molecule has 1 N–H and O–H groups in total. The first kappa shape index (κ1) is 18.0. The minimum absolute atomic E-state index is 0.0881. The Labute approximate surface area is 152 Å². The van der Waals surface area contributed by atoms with Crippen LogP contribution in [0.3, 0.4) is 0 Å². The molecule has 1 aromatic carbocycles. The van der Waals surface area contributed by atoms with Gasteiger partial charge in [0.05, 0.1) is 24.8 Å². The summed E-state index contributed by atoms with van der Waals surface area (Å²) in [6.45, 7) is 1.72. The van der Waals surface area contributed by atoms with Crippen LogP contribution in [0.2, 0.25) is 5.02 Å². The molecule has 0 radical (unpaired) electrons. The summed E-state index contributed by atoms with van der Waals surface area (Å²) in [5.74, 6) is 0.0209. The summed E-state index contributed by atoms with van der Waals surface area (Å²) in [6, 6.07) is 5.12. The maximum Gasteiger partial charge on any atom is 0.227 e. The minimum atomic E-state index is -0.360. The first-order valence-corrected chi connectivity index (χ1v) is 8.99. The molecule has 7 heteroatoms. The number of hydrogen-bond acceptors (Lipinski definition) is 4. The average molecular weight is 367 g/mol. The zero-order valence-electron chi connectivity index (χ0n) is 14.3. The number of methoxy groups -OCH3 is 1. The van der Waals surface area contributed by atoms with Crippen molar-refractivity contribution < 1.29 is 19.1 Å². The molecular formula is C18H23ClN2O4. The number of carbonyl (C=O) groups is 2. The Morgan fingerprint density at radius 2 is 2.32 bits per heavy atom. The van der Waals surface area contributed by atoms with Gasteiger partial charge in [-0.1, -0.05) is 11.6 Å². The van der Waals surface area contributed by atoms with Gasteiger partial charge in [-0.15, -0.1) is 0 Å². The Balaban J connectivity index is 1.58. The highest BCUT2D eigenvalue weighted by molar-refractivity contribution is 6.31. The summed E-state index contributed by atoms with van der Waals surface area (Å²) in [4.78, 5) is 26.3. The molecule has 25 heavy (non-hydrogen) atoms. The molecule has 2 unspecified atom stereocenters. The second-order valence-corrected chi connectivity index (χ2v) is 6.87. The predicted octanol–water partition coefficient (Wildman–Crippen LogP) is 2.39. The molecule has 0 spiro atoms. The SMILES string of the molecule is COc1ccc(Cl)cc1N1CC(C(=O)NCCC2CCCO2)CC1=O. The van der Waals surface area contributed by atoms with Crippen molar-refractivity contribution in [2.75, 3.05) is 31.7 Å². The van der Waals surface area contributed by atoms with E-state index in [0.717, 1.165) is 25.9 Å². The molecule has 0 saturated carbocycles. The molecule has 6 nitrogen and oxygen atoms in total. The lowest BCUT2D eigenvalue weighted by Gasteiger charge is -2.20. The van der Waals surface area contributed by atoms with Gasteiger partial charge in [0.25, 0.3) is 0 Å². The fourth-order valence-corrected chi connectivity index (χ4v) is 3.53. The van der Waals surface area contributed by atoms with Crippen molar-refractivity contribution in [3.63, 3.8) is 0 Å². The van der Waals surface area contributed by atoms with E-state index in [0.29, 0.717) is 29.5 Å². The molecule has 2 fully saturated rings. The number of carbonyl (C=O) groups excluding carboxylic acids is 2. The van der Waals surface area contributed by atoms with E-state index in [-0.39, 0.29) is 30.3 Å². The monoisotopic (exact) mass is 366 g/mol. The molecule has 3 rings (SSSR count). The van der Waals surface area contributed by atoms with Crippen molar-refractivity contribution in [2.45, 2.75) is 31.8 Å². The van der Waals surface area contributed by atoms with Gasteiger partial charge in [0.2, 0.25) is 11.8 Å². The first-order chi connectivity index (χ1) is 12.1. The number of amides is 2. The third-order valence-corrected chi connectivity index (χ3v) is 4.95. The Morgan fingerprint density at radius 3 is 3.04 bits per heavy atom. The lowest BCUT2D eigenvalue weighted by molar-refractivity contribution is -0.126. The fourth-order valence-electron chi connectivity index (χ4n) is 3.36. The molecule has 2 atom stereocenters. The van der Waals surface area contributed by atoms with Crippen molar-refractivity contribution in [3.05, 3.63) is 23.2 Å². The first-order valence-electron chi connectivity index (χ1n) is 8.61. The van der Waals surface area contributed by atoms with E-state index in [2.05, 4.69) is 5.32 Å². The molecule has 0 aliphatic carbocycles. The molecule has 1 aromatic rings. The van der Waals surface area contributed by atoms with Crippen LogP contribution >= 0.6 is 11.6 Å². The van der Waals surface area contributed by atoms with E-state index in [9.17, 15) is 9.59 Å². The van der Waals surface area contributed by atoms with Crippen LogP contribution in [-0.4, -0.2) is 44.7 Å². The number of nitrogens with zero attached hydrogens (tertiary/aromatic N) is 1. The minimum Gasteiger partial charge on any atom is -0.495 e.